The SMILES string of the molecule is COc1cc(C=CC(=O)N2CCCN(S(=O)(=O)c3ccc(C)cc3)CC2)cc2c1OCCO2. The first-order valence-corrected chi connectivity index (χ1v) is 12.3. The van der Waals surface area contributed by atoms with E-state index in [1.54, 1.807) is 54.5 Å². The van der Waals surface area contributed by atoms with Gasteiger partial charge in [-0.1, -0.05) is 17.7 Å². The molecule has 0 unspecified atom stereocenters. The smallest absolute Gasteiger partial charge is 0.246 e. The number of ether oxygens (including phenoxy) is 3. The van der Waals surface area contributed by atoms with E-state index in [2.05, 4.69) is 0 Å². The highest BCUT2D eigenvalue weighted by atomic mass is 32.2. The molecule has 2 heterocycles. The first-order chi connectivity index (χ1) is 15.9. The summed E-state index contributed by atoms with van der Waals surface area (Å²) in [4.78, 5) is 14.8. The normalized spacial score (nSPS) is 17.1. The number of hydrogen-bond acceptors (Lipinski definition) is 6. The number of benzene rings is 2. The maximum Gasteiger partial charge on any atom is 0.246 e. The molecule has 2 aromatic carbocycles. The summed E-state index contributed by atoms with van der Waals surface area (Å²) in [5.41, 5.74) is 1.76. The molecule has 0 aromatic heterocycles. The van der Waals surface area contributed by atoms with Crippen LogP contribution in [-0.2, 0) is 14.8 Å². The van der Waals surface area contributed by atoms with Gasteiger partial charge in [0.25, 0.3) is 0 Å². The van der Waals surface area contributed by atoms with Crippen molar-refractivity contribution in [2.45, 2.75) is 18.2 Å². The van der Waals surface area contributed by atoms with Crippen molar-refractivity contribution in [2.24, 2.45) is 0 Å². The molecule has 2 aliphatic heterocycles. The van der Waals surface area contributed by atoms with Crippen molar-refractivity contribution in [1.29, 1.82) is 0 Å². The van der Waals surface area contributed by atoms with Crippen molar-refractivity contribution < 1.29 is 27.4 Å². The Bertz CT molecular complexity index is 1130. The Morgan fingerprint density at radius 1 is 1.03 bits per heavy atom. The van der Waals surface area contributed by atoms with Crippen molar-refractivity contribution in [3.8, 4) is 17.2 Å². The fourth-order valence-electron chi connectivity index (χ4n) is 3.88. The van der Waals surface area contributed by atoms with Crippen LogP contribution in [0.15, 0.2) is 47.4 Å². The van der Waals surface area contributed by atoms with E-state index in [4.69, 9.17) is 14.2 Å². The van der Waals surface area contributed by atoms with E-state index in [1.807, 2.05) is 6.92 Å². The first kappa shape index (κ1) is 23.1. The highest BCUT2D eigenvalue weighted by Gasteiger charge is 2.27. The summed E-state index contributed by atoms with van der Waals surface area (Å²) in [5.74, 6) is 1.53. The number of methoxy groups -OCH3 is 1. The molecule has 0 bridgehead atoms. The Balaban J connectivity index is 1.43. The van der Waals surface area contributed by atoms with Crippen molar-refractivity contribution >= 4 is 22.0 Å². The molecule has 1 saturated heterocycles. The zero-order valence-corrected chi connectivity index (χ0v) is 19.6. The number of aryl methyl sites for hydroxylation is 1. The predicted molar refractivity (Wildman–Crippen MR) is 124 cm³/mol. The lowest BCUT2D eigenvalue weighted by atomic mass is 10.1. The van der Waals surface area contributed by atoms with Crippen LogP contribution in [0.1, 0.15) is 17.5 Å². The van der Waals surface area contributed by atoms with Crippen LogP contribution in [0.2, 0.25) is 0 Å². The molecule has 0 N–H and O–H groups in total. The summed E-state index contributed by atoms with van der Waals surface area (Å²) in [6, 6.07) is 10.4. The molecule has 0 aliphatic carbocycles. The van der Waals surface area contributed by atoms with Gasteiger partial charge in [-0.05, 0) is 49.2 Å². The van der Waals surface area contributed by atoms with Gasteiger partial charge in [-0.2, -0.15) is 4.31 Å². The topological polar surface area (TPSA) is 85.4 Å². The second kappa shape index (κ2) is 9.84. The van der Waals surface area contributed by atoms with E-state index in [9.17, 15) is 13.2 Å². The van der Waals surface area contributed by atoms with Gasteiger partial charge >= 0.3 is 0 Å². The standard InChI is InChI=1S/C24H28N2O6S/c1-18-4-7-20(8-5-18)33(28,29)26-11-3-10-25(12-13-26)23(27)9-6-19-16-21(30-2)24-22(17-19)31-14-15-32-24/h4-9,16-17H,3,10-15H2,1-2H3. The van der Waals surface area contributed by atoms with Crippen molar-refractivity contribution in [1.82, 2.24) is 9.21 Å². The van der Waals surface area contributed by atoms with Crippen molar-refractivity contribution in [2.75, 3.05) is 46.5 Å². The number of carbonyl (C=O) groups excluding carboxylic acids is 1. The third kappa shape index (κ3) is 5.15. The minimum Gasteiger partial charge on any atom is -0.493 e. The van der Waals surface area contributed by atoms with E-state index in [1.165, 1.54) is 10.4 Å². The second-order valence-corrected chi connectivity index (χ2v) is 9.91. The molecular weight excluding hydrogens is 444 g/mol. The molecule has 8 nitrogen and oxygen atoms in total. The molecule has 0 saturated carbocycles. The molecule has 1 amide bonds. The Labute approximate surface area is 194 Å². The van der Waals surface area contributed by atoms with Gasteiger partial charge in [0.15, 0.2) is 11.5 Å². The van der Waals surface area contributed by atoms with Gasteiger partial charge < -0.3 is 19.1 Å². The van der Waals surface area contributed by atoms with Crippen LogP contribution >= 0.6 is 0 Å². The van der Waals surface area contributed by atoms with Crippen molar-refractivity contribution in [3.05, 3.63) is 53.6 Å². The molecule has 2 aliphatic rings. The minimum atomic E-state index is -3.59. The van der Waals surface area contributed by atoms with E-state index >= 15 is 0 Å². The summed E-state index contributed by atoms with van der Waals surface area (Å²) in [7, 11) is -2.03. The van der Waals surface area contributed by atoms with Crippen LogP contribution in [0.25, 0.3) is 6.08 Å². The first-order valence-electron chi connectivity index (χ1n) is 10.9. The number of amides is 1. The lowest BCUT2D eigenvalue weighted by Crippen LogP contribution is -2.36. The second-order valence-electron chi connectivity index (χ2n) is 7.98. The van der Waals surface area contributed by atoms with Crippen molar-refractivity contribution in [3.63, 3.8) is 0 Å². The van der Waals surface area contributed by atoms with Crippen LogP contribution in [0.5, 0.6) is 17.2 Å². The highest BCUT2D eigenvalue weighted by Crippen LogP contribution is 2.40. The Kier molecular flexibility index (Phi) is 6.90. The van der Waals surface area contributed by atoms with E-state index in [-0.39, 0.29) is 17.3 Å². The molecule has 0 radical (unpaired) electrons. The van der Waals surface area contributed by atoms with Crippen LogP contribution in [0, 0.1) is 6.92 Å². The maximum absolute atomic E-state index is 13.0. The average molecular weight is 473 g/mol. The highest BCUT2D eigenvalue weighted by molar-refractivity contribution is 7.89. The Hall–Kier alpha value is -3.04. The molecule has 0 spiro atoms. The van der Waals surface area contributed by atoms with E-state index in [0.29, 0.717) is 56.5 Å². The Morgan fingerprint density at radius 2 is 1.79 bits per heavy atom. The zero-order chi connectivity index (χ0) is 23.4. The number of fused-ring (bicyclic) bond motifs is 1. The predicted octanol–water partition coefficient (Wildman–Crippen LogP) is 2.71. The monoisotopic (exact) mass is 472 g/mol. The Morgan fingerprint density at radius 3 is 2.55 bits per heavy atom. The third-order valence-corrected chi connectivity index (χ3v) is 7.61. The molecule has 0 atom stereocenters. The van der Waals surface area contributed by atoms with Crippen LogP contribution in [0.4, 0.5) is 0 Å². The number of sulfonamides is 1. The van der Waals surface area contributed by atoms with Gasteiger partial charge in [0, 0.05) is 32.3 Å². The van der Waals surface area contributed by atoms with Gasteiger partial charge in [0.2, 0.25) is 21.7 Å². The number of rotatable bonds is 5. The van der Waals surface area contributed by atoms with Gasteiger partial charge in [-0.25, -0.2) is 8.42 Å². The molecule has 176 valence electrons. The maximum atomic E-state index is 13.0. The molecular formula is C24H28N2O6S. The lowest BCUT2D eigenvalue weighted by Gasteiger charge is -2.21. The van der Waals surface area contributed by atoms with Crippen LogP contribution in [0.3, 0.4) is 0 Å². The summed E-state index contributed by atoms with van der Waals surface area (Å²) < 4.78 is 44.1. The quantitative estimate of drug-likeness (QED) is 0.622. The fourth-order valence-corrected chi connectivity index (χ4v) is 5.35. The average Bonchev–Trinajstić information content (AvgIpc) is 3.09. The van der Waals surface area contributed by atoms with Crippen LogP contribution in [-0.4, -0.2) is 70.0 Å². The van der Waals surface area contributed by atoms with Gasteiger partial charge in [0.05, 0.1) is 12.0 Å². The fraction of sp³-hybridized carbons (Fsp3) is 0.375. The largest absolute Gasteiger partial charge is 0.493 e. The van der Waals surface area contributed by atoms with E-state index < -0.39 is 10.0 Å². The molecule has 9 heteroatoms. The molecule has 33 heavy (non-hydrogen) atoms. The van der Waals surface area contributed by atoms with Gasteiger partial charge in [0.1, 0.15) is 13.2 Å². The molecule has 1 fully saturated rings. The summed E-state index contributed by atoms with van der Waals surface area (Å²) in [5, 5.41) is 0. The number of hydrogen-bond donors (Lipinski definition) is 0. The van der Waals surface area contributed by atoms with Gasteiger partial charge in [-0.3, -0.25) is 4.79 Å². The summed E-state index contributed by atoms with van der Waals surface area (Å²) in [6.07, 6.45) is 3.77. The molecule has 4 rings (SSSR count). The summed E-state index contributed by atoms with van der Waals surface area (Å²) in [6.45, 7) is 4.30. The lowest BCUT2D eigenvalue weighted by molar-refractivity contribution is -0.125. The summed E-state index contributed by atoms with van der Waals surface area (Å²) >= 11 is 0. The van der Waals surface area contributed by atoms with Gasteiger partial charge in [-0.15, -0.1) is 0 Å². The van der Waals surface area contributed by atoms with E-state index in [0.717, 1.165) is 11.1 Å². The molecule has 2 aromatic rings. The third-order valence-electron chi connectivity index (χ3n) is 5.69. The zero-order valence-electron chi connectivity index (χ0n) is 18.8. The minimum absolute atomic E-state index is 0.168. The van der Waals surface area contributed by atoms with Crippen LogP contribution < -0.4 is 14.2 Å². The number of nitrogens with zero attached hydrogens (tertiary/aromatic N) is 2. The number of carbonyl (C=O) groups is 1.